The first-order chi connectivity index (χ1) is 10.3. The topological polar surface area (TPSA) is 38.8 Å². The molecule has 0 aromatic heterocycles. The molecule has 1 unspecified atom stereocenters. The fraction of sp³-hybridized carbons (Fsp3) is 0.562. The molecule has 0 bridgehead atoms. The number of carbonyl (C=O) groups is 1. The molecular weight excluding hydrogens is 292 g/mol. The van der Waals surface area contributed by atoms with Gasteiger partial charge in [0.05, 0.1) is 6.04 Å². The molecule has 0 spiro atoms. The number of hydrogen-bond acceptors (Lipinski definition) is 3. The average Bonchev–Trinajstić information content (AvgIpc) is 2.87. The highest BCUT2D eigenvalue weighted by molar-refractivity contribution is 5.69. The van der Waals surface area contributed by atoms with Gasteiger partial charge in [-0.05, 0) is 45.7 Å². The molecule has 1 aromatic rings. The molecule has 4 nitrogen and oxygen atoms in total. The summed E-state index contributed by atoms with van der Waals surface area (Å²) in [5.41, 5.74) is -0.570. The predicted molar refractivity (Wildman–Crippen MR) is 77.8 cm³/mol. The van der Waals surface area contributed by atoms with Gasteiger partial charge in [-0.15, -0.1) is 0 Å². The van der Waals surface area contributed by atoms with E-state index in [0.29, 0.717) is 6.54 Å². The van der Waals surface area contributed by atoms with E-state index in [-0.39, 0.29) is 18.4 Å². The number of rotatable bonds is 3. The maximum atomic E-state index is 13.5. The monoisotopic (exact) mass is 313 g/mol. The quantitative estimate of drug-likeness (QED) is 0.853. The fourth-order valence-electron chi connectivity index (χ4n) is 2.35. The number of halogens is 2. The Morgan fingerprint density at radius 1 is 1.36 bits per heavy atom. The van der Waals surface area contributed by atoms with Crippen LogP contribution >= 0.6 is 0 Å². The summed E-state index contributed by atoms with van der Waals surface area (Å²) in [5.74, 6) is -2.10. The van der Waals surface area contributed by atoms with Gasteiger partial charge in [0.15, 0.2) is 11.6 Å². The second-order valence-corrected chi connectivity index (χ2v) is 6.33. The van der Waals surface area contributed by atoms with Crippen molar-refractivity contribution >= 4 is 6.09 Å². The third-order valence-electron chi connectivity index (χ3n) is 3.35. The fourth-order valence-corrected chi connectivity index (χ4v) is 2.35. The molecule has 1 fully saturated rings. The normalized spacial score (nSPS) is 18.4. The van der Waals surface area contributed by atoms with Crippen LogP contribution in [0.1, 0.15) is 33.6 Å². The van der Waals surface area contributed by atoms with Crippen molar-refractivity contribution in [3.05, 3.63) is 29.8 Å². The van der Waals surface area contributed by atoms with E-state index in [4.69, 9.17) is 9.47 Å². The number of benzene rings is 1. The van der Waals surface area contributed by atoms with E-state index in [0.717, 1.165) is 18.9 Å². The molecule has 1 atom stereocenters. The minimum Gasteiger partial charge on any atom is -0.488 e. The van der Waals surface area contributed by atoms with Crippen LogP contribution in [0.15, 0.2) is 18.2 Å². The molecule has 1 heterocycles. The Labute approximate surface area is 129 Å². The smallest absolute Gasteiger partial charge is 0.410 e. The Balaban J connectivity index is 1.97. The third-order valence-corrected chi connectivity index (χ3v) is 3.35. The molecule has 22 heavy (non-hydrogen) atoms. The predicted octanol–water partition coefficient (Wildman–Crippen LogP) is 3.74. The Morgan fingerprint density at radius 3 is 2.77 bits per heavy atom. The lowest BCUT2D eigenvalue weighted by Crippen LogP contribution is -2.42. The first-order valence-corrected chi connectivity index (χ1v) is 7.34. The van der Waals surface area contributed by atoms with E-state index >= 15 is 0 Å². The largest absolute Gasteiger partial charge is 0.488 e. The van der Waals surface area contributed by atoms with E-state index in [9.17, 15) is 13.6 Å². The molecule has 1 aliphatic rings. The summed E-state index contributed by atoms with van der Waals surface area (Å²) in [6.45, 7) is 6.09. The molecule has 0 radical (unpaired) electrons. The van der Waals surface area contributed by atoms with Gasteiger partial charge in [0.1, 0.15) is 12.2 Å². The number of likely N-dealkylation sites (tertiary alicyclic amines) is 1. The number of carbonyl (C=O) groups excluding carboxylic acids is 1. The van der Waals surface area contributed by atoms with Crippen molar-refractivity contribution in [2.45, 2.75) is 45.3 Å². The Hall–Kier alpha value is -1.85. The van der Waals surface area contributed by atoms with Crippen LogP contribution in [0.25, 0.3) is 0 Å². The summed E-state index contributed by atoms with van der Waals surface area (Å²) in [5, 5.41) is 0. The minimum absolute atomic E-state index is 0.111. The molecule has 1 amide bonds. The first kappa shape index (κ1) is 16.5. The van der Waals surface area contributed by atoms with Crippen LogP contribution in [-0.4, -0.2) is 35.8 Å². The van der Waals surface area contributed by atoms with Crippen LogP contribution in [-0.2, 0) is 4.74 Å². The number of nitrogens with zero attached hydrogens (tertiary/aromatic N) is 1. The lowest BCUT2D eigenvalue weighted by molar-refractivity contribution is 0.0186. The van der Waals surface area contributed by atoms with Crippen LogP contribution in [0.5, 0.6) is 5.75 Å². The lowest BCUT2D eigenvalue weighted by Gasteiger charge is -2.28. The standard InChI is InChI=1S/C16H21F2NO3/c1-16(2,3)22-15(20)19-9-5-6-11(19)10-21-13-8-4-7-12(17)14(13)18/h4,7-8,11H,5-6,9-10H2,1-3H3. The summed E-state index contributed by atoms with van der Waals surface area (Å²) in [6, 6.07) is 3.58. The van der Waals surface area contributed by atoms with Crippen molar-refractivity contribution in [3.63, 3.8) is 0 Å². The van der Waals surface area contributed by atoms with Gasteiger partial charge in [0, 0.05) is 6.54 Å². The van der Waals surface area contributed by atoms with Gasteiger partial charge in [-0.25, -0.2) is 9.18 Å². The van der Waals surface area contributed by atoms with Crippen molar-refractivity contribution in [3.8, 4) is 5.75 Å². The van der Waals surface area contributed by atoms with Gasteiger partial charge in [-0.3, -0.25) is 0 Å². The molecule has 0 saturated carbocycles. The first-order valence-electron chi connectivity index (χ1n) is 7.34. The molecule has 122 valence electrons. The zero-order valence-electron chi connectivity index (χ0n) is 13.1. The summed E-state index contributed by atoms with van der Waals surface area (Å²) >= 11 is 0. The Morgan fingerprint density at radius 2 is 2.09 bits per heavy atom. The summed E-state index contributed by atoms with van der Waals surface area (Å²) in [7, 11) is 0. The second kappa shape index (κ2) is 6.50. The van der Waals surface area contributed by atoms with Gasteiger partial charge in [-0.2, -0.15) is 4.39 Å². The van der Waals surface area contributed by atoms with Crippen molar-refractivity contribution in [2.24, 2.45) is 0 Å². The average molecular weight is 313 g/mol. The summed E-state index contributed by atoms with van der Waals surface area (Å²) in [4.78, 5) is 13.7. The molecule has 1 aliphatic heterocycles. The van der Waals surface area contributed by atoms with Crippen LogP contribution in [0, 0.1) is 11.6 Å². The SMILES string of the molecule is CC(C)(C)OC(=O)N1CCCC1COc1cccc(F)c1F. The van der Waals surface area contributed by atoms with Crippen molar-refractivity contribution in [1.82, 2.24) is 4.90 Å². The molecule has 6 heteroatoms. The van der Waals surface area contributed by atoms with Crippen LogP contribution in [0.4, 0.5) is 13.6 Å². The van der Waals surface area contributed by atoms with Crippen molar-refractivity contribution in [1.29, 1.82) is 0 Å². The number of ether oxygens (including phenoxy) is 2. The van der Waals surface area contributed by atoms with Crippen LogP contribution in [0.3, 0.4) is 0 Å². The van der Waals surface area contributed by atoms with E-state index in [2.05, 4.69) is 0 Å². The zero-order chi connectivity index (χ0) is 16.3. The maximum Gasteiger partial charge on any atom is 0.410 e. The van der Waals surface area contributed by atoms with Crippen LogP contribution < -0.4 is 4.74 Å². The lowest BCUT2D eigenvalue weighted by atomic mass is 10.2. The van der Waals surface area contributed by atoms with Gasteiger partial charge in [0.25, 0.3) is 0 Å². The van der Waals surface area contributed by atoms with E-state index in [1.165, 1.54) is 12.1 Å². The van der Waals surface area contributed by atoms with E-state index in [1.54, 1.807) is 25.7 Å². The highest BCUT2D eigenvalue weighted by Gasteiger charge is 2.32. The maximum absolute atomic E-state index is 13.5. The molecule has 0 aliphatic carbocycles. The summed E-state index contributed by atoms with van der Waals surface area (Å²) in [6.07, 6.45) is 1.17. The zero-order valence-corrected chi connectivity index (χ0v) is 13.1. The van der Waals surface area contributed by atoms with Gasteiger partial charge < -0.3 is 14.4 Å². The van der Waals surface area contributed by atoms with Gasteiger partial charge in [0.2, 0.25) is 5.82 Å². The number of hydrogen-bond donors (Lipinski definition) is 0. The second-order valence-electron chi connectivity index (χ2n) is 6.33. The molecular formula is C16H21F2NO3. The molecule has 1 saturated heterocycles. The van der Waals surface area contributed by atoms with Gasteiger partial charge in [-0.1, -0.05) is 6.07 Å². The van der Waals surface area contributed by atoms with E-state index < -0.39 is 23.3 Å². The minimum atomic E-state index is -1.01. The van der Waals surface area contributed by atoms with E-state index in [1.807, 2.05) is 0 Å². The van der Waals surface area contributed by atoms with Crippen LogP contribution in [0.2, 0.25) is 0 Å². The Kier molecular flexibility index (Phi) is 4.88. The summed E-state index contributed by atoms with van der Waals surface area (Å²) < 4.78 is 37.4. The highest BCUT2D eigenvalue weighted by Crippen LogP contribution is 2.24. The molecule has 0 N–H and O–H groups in total. The number of amides is 1. The molecule has 2 rings (SSSR count). The third kappa shape index (κ3) is 4.08. The highest BCUT2D eigenvalue weighted by atomic mass is 19.2. The molecule has 1 aromatic carbocycles. The van der Waals surface area contributed by atoms with Crippen molar-refractivity contribution in [2.75, 3.05) is 13.2 Å². The van der Waals surface area contributed by atoms with Crippen molar-refractivity contribution < 1.29 is 23.0 Å². The Bertz CT molecular complexity index is 543. The van der Waals surface area contributed by atoms with Gasteiger partial charge >= 0.3 is 6.09 Å².